The molecule has 0 spiro atoms. The molecule has 1 N–H and O–H groups in total. The van der Waals surface area contributed by atoms with Gasteiger partial charge in [-0.2, -0.15) is 5.26 Å². The van der Waals surface area contributed by atoms with Crippen LogP contribution in [0.1, 0.15) is 55.6 Å². The molecule has 1 atom stereocenters. The van der Waals surface area contributed by atoms with Crippen molar-refractivity contribution in [1.82, 2.24) is 5.32 Å². The zero-order valence-corrected chi connectivity index (χ0v) is 11.7. The average molecular weight is 268 g/mol. The van der Waals surface area contributed by atoms with Crippen LogP contribution in [0.2, 0.25) is 0 Å². The van der Waals surface area contributed by atoms with Crippen LogP contribution in [-0.2, 0) is 11.2 Å². The van der Waals surface area contributed by atoms with E-state index in [0.717, 1.165) is 50.5 Å². The van der Waals surface area contributed by atoms with E-state index in [1.807, 2.05) is 12.1 Å². The van der Waals surface area contributed by atoms with E-state index in [0.29, 0.717) is 0 Å². The number of aryl methyl sites for hydroxylation is 1. The summed E-state index contributed by atoms with van der Waals surface area (Å²) in [6.45, 7) is 0. The quantitative estimate of drug-likeness (QED) is 0.896. The summed E-state index contributed by atoms with van der Waals surface area (Å²) < 4.78 is 0. The Labute approximate surface area is 120 Å². The lowest BCUT2D eigenvalue weighted by Crippen LogP contribution is -2.47. The van der Waals surface area contributed by atoms with Crippen molar-refractivity contribution in [2.45, 2.75) is 56.4 Å². The molecule has 0 bridgehead atoms. The molecule has 2 aliphatic carbocycles. The van der Waals surface area contributed by atoms with E-state index >= 15 is 0 Å². The summed E-state index contributed by atoms with van der Waals surface area (Å²) in [5, 5.41) is 12.4. The highest BCUT2D eigenvalue weighted by atomic mass is 16.2. The molecule has 20 heavy (non-hydrogen) atoms. The Bertz CT molecular complexity index is 552. The summed E-state index contributed by atoms with van der Waals surface area (Å²) in [6, 6.07) is 10.6. The van der Waals surface area contributed by atoms with Crippen molar-refractivity contribution in [2.24, 2.45) is 0 Å². The Morgan fingerprint density at radius 2 is 2.00 bits per heavy atom. The number of nitrogens with one attached hydrogen (secondary N) is 1. The van der Waals surface area contributed by atoms with Gasteiger partial charge in [0.15, 0.2) is 0 Å². The molecule has 1 saturated carbocycles. The fraction of sp³-hybridized carbons (Fsp3) is 0.529. The smallest absolute Gasteiger partial charge is 0.228 e. The van der Waals surface area contributed by atoms with Gasteiger partial charge in [-0.15, -0.1) is 0 Å². The first-order valence-corrected chi connectivity index (χ1v) is 7.55. The van der Waals surface area contributed by atoms with Crippen molar-refractivity contribution < 1.29 is 4.79 Å². The number of hydrogen-bond donors (Lipinski definition) is 1. The Morgan fingerprint density at radius 1 is 1.25 bits per heavy atom. The fourth-order valence-electron chi connectivity index (χ4n) is 3.59. The van der Waals surface area contributed by atoms with E-state index in [2.05, 4.69) is 23.5 Å². The summed E-state index contributed by atoms with van der Waals surface area (Å²) in [6.07, 6.45) is 6.67. The minimum absolute atomic E-state index is 0.0422. The number of fused-ring (bicyclic) bond motifs is 1. The third kappa shape index (κ3) is 2.31. The second kappa shape index (κ2) is 5.28. The van der Waals surface area contributed by atoms with Crippen molar-refractivity contribution in [3.8, 4) is 6.07 Å². The summed E-state index contributed by atoms with van der Waals surface area (Å²) in [4.78, 5) is 12.6. The van der Waals surface area contributed by atoms with E-state index in [-0.39, 0.29) is 11.8 Å². The Hall–Kier alpha value is -1.82. The topological polar surface area (TPSA) is 52.9 Å². The van der Waals surface area contributed by atoms with E-state index < -0.39 is 5.54 Å². The molecule has 0 aromatic heterocycles. The molecule has 1 aromatic carbocycles. The molecule has 104 valence electrons. The number of benzene rings is 1. The molecule has 0 saturated heterocycles. The molecule has 0 aliphatic heterocycles. The summed E-state index contributed by atoms with van der Waals surface area (Å²) in [5.41, 5.74) is 1.84. The SMILES string of the molecule is N#CC1(NC(=O)C2CCCc3ccccc32)CCCC1. The number of carbonyl (C=O) groups excluding carboxylic acids is 1. The third-order valence-electron chi connectivity index (χ3n) is 4.72. The molecule has 3 nitrogen and oxygen atoms in total. The van der Waals surface area contributed by atoms with Crippen LogP contribution in [0.3, 0.4) is 0 Å². The van der Waals surface area contributed by atoms with E-state index in [9.17, 15) is 10.1 Å². The zero-order chi connectivity index (χ0) is 14.0. The predicted molar refractivity (Wildman–Crippen MR) is 77.1 cm³/mol. The Balaban J connectivity index is 1.80. The first kappa shape index (κ1) is 13.2. The third-order valence-corrected chi connectivity index (χ3v) is 4.72. The van der Waals surface area contributed by atoms with Crippen LogP contribution in [-0.4, -0.2) is 11.4 Å². The molecule has 1 unspecified atom stereocenters. The maximum absolute atomic E-state index is 12.6. The summed E-state index contributed by atoms with van der Waals surface area (Å²) in [7, 11) is 0. The highest BCUT2D eigenvalue weighted by Crippen LogP contribution is 2.34. The minimum Gasteiger partial charge on any atom is -0.337 e. The Kier molecular flexibility index (Phi) is 3.48. The highest BCUT2D eigenvalue weighted by Gasteiger charge is 2.38. The fourth-order valence-corrected chi connectivity index (χ4v) is 3.59. The van der Waals surface area contributed by atoms with Crippen molar-refractivity contribution >= 4 is 5.91 Å². The van der Waals surface area contributed by atoms with E-state index in [4.69, 9.17) is 0 Å². The lowest BCUT2D eigenvalue weighted by Gasteiger charge is -2.29. The van der Waals surface area contributed by atoms with Crippen molar-refractivity contribution in [3.05, 3.63) is 35.4 Å². The molecular formula is C17H20N2O. The first-order valence-electron chi connectivity index (χ1n) is 7.55. The monoisotopic (exact) mass is 268 g/mol. The van der Waals surface area contributed by atoms with Gasteiger partial charge in [0.25, 0.3) is 0 Å². The van der Waals surface area contributed by atoms with Crippen LogP contribution in [0.4, 0.5) is 0 Å². The van der Waals surface area contributed by atoms with Crippen molar-refractivity contribution in [3.63, 3.8) is 0 Å². The van der Waals surface area contributed by atoms with Gasteiger partial charge in [-0.25, -0.2) is 0 Å². The number of nitrogens with zero attached hydrogens (tertiary/aromatic N) is 1. The number of rotatable bonds is 2. The molecule has 1 aromatic rings. The van der Waals surface area contributed by atoms with E-state index in [1.54, 1.807) is 0 Å². The maximum Gasteiger partial charge on any atom is 0.228 e. The lowest BCUT2D eigenvalue weighted by molar-refractivity contribution is -0.124. The molecule has 3 heteroatoms. The second-order valence-corrected chi connectivity index (χ2v) is 6.03. The number of hydrogen-bond acceptors (Lipinski definition) is 2. The molecule has 3 rings (SSSR count). The van der Waals surface area contributed by atoms with Gasteiger partial charge in [-0.05, 0) is 56.1 Å². The van der Waals surface area contributed by atoms with Gasteiger partial charge in [0, 0.05) is 0 Å². The predicted octanol–water partition coefficient (Wildman–Crippen LogP) is 3.06. The van der Waals surface area contributed by atoms with Crippen LogP contribution in [0, 0.1) is 11.3 Å². The van der Waals surface area contributed by atoms with Gasteiger partial charge in [0.1, 0.15) is 5.54 Å². The number of amides is 1. The largest absolute Gasteiger partial charge is 0.337 e. The van der Waals surface area contributed by atoms with Crippen LogP contribution in [0.15, 0.2) is 24.3 Å². The molecular weight excluding hydrogens is 248 g/mol. The van der Waals surface area contributed by atoms with Gasteiger partial charge < -0.3 is 5.32 Å². The standard InChI is InChI=1S/C17H20N2O/c18-12-17(10-3-4-11-17)19-16(20)15-9-5-7-13-6-1-2-8-14(13)15/h1-2,6,8,15H,3-5,7,9-11H2,(H,19,20). The van der Waals surface area contributed by atoms with E-state index in [1.165, 1.54) is 5.56 Å². The van der Waals surface area contributed by atoms with Crippen LogP contribution in [0.5, 0.6) is 0 Å². The molecule has 1 fully saturated rings. The average Bonchev–Trinajstić information content (AvgIpc) is 2.95. The molecule has 1 amide bonds. The second-order valence-electron chi connectivity index (χ2n) is 6.03. The van der Waals surface area contributed by atoms with Crippen LogP contribution >= 0.6 is 0 Å². The molecule has 0 radical (unpaired) electrons. The summed E-state index contributed by atoms with van der Waals surface area (Å²) in [5.74, 6) is -0.0358. The highest BCUT2D eigenvalue weighted by molar-refractivity contribution is 5.85. The normalized spacial score (nSPS) is 23.6. The summed E-state index contributed by atoms with van der Waals surface area (Å²) >= 11 is 0. The van der Waals surface area contributed by atoms with Gasteiger partial charge in [0.2, 0.25) is 5.91 Å². The molecule has 2 aliphatic rings. The van der Waals surface area contributed by atoms with Crippen LogP contribution in [0.25, 0.3) is 0 Å². The minimum atomic E-state index is -0.608. The maximum atomic E-state index is 12.6. The molecule has 0 heterocycles. The van der Waals surface area contributed by atoms with Gasteiger partial charge in [-0.1, -0.05) is 24.3 Å². The van der Waals surface area contributed by atoms with Crippen molar-refractivity contribution in [2.75, 3.05) is 0 Å². The van der Waals surface area contributed by atoms with Gasteiger partial charge in [-0.3, -0.25) is 4.79 Å². The van der Waals surface area contributed by atoms with Crippen LogP contribution < -0.4 is 5.32 Å². The number of nitriles is 1. The van der Waals surface area contributed by atoms with Crippen molar-refractivity contribution in [1.29, 1.82) is 5.26 Å². The van der Waals surface area contributed by atoms with Gasteiger partial charge >= 0.3 is 0 Å². The van der Waals surface area contributed by atoms with Gasteiger partial charge in [0.05, 0.1) is 12.0 Å². The number of carbonyl (C=O) groups is 1. The Morgan fingerprint density at radius 3 is 2.75 bits per heavy atom. The zero-order valence-electron chi connectivity index (χ0n) is 11.7. The first-order chi connectivity index (χ1) is 9.74. The lowest BCUT2D eigenvalue weighted by atomic mass is 9.82.